The average molecular weight is 82.1 g/mol. The molecule has 0 saturated carbocycles. The van der Waals surface area contributed by atoms with E-state index in [4.69, 9.17) is 5.53 Å². The number of allylic oxidation sites excluding steroid dienone is 1. The zero-order valence-corrected chi connectivity index (χ0v) is 3.68. The van der Waals surface area contributed by atoms with Crippen molar-refractivity contribution in [1.29, 1.82) is 0 Å². The molecule has 0 aromatic carbocycles. The number of nitrogens with zero attached hydrogens (tertiary/aromatic N) is 2. The third kappa shape index (κ3) is 1.44. The highest BCUT2D eigenvalue weighted by Gasteiger charge is 1.80. The molecular weight excluding hydrogens is 76.1 g/mol. The molecule has 0 aliphatic rings. The molecule has 0 aliphatic heterocycles. The molecule has 0 rings (SSSR count). The van der Waals surface area contributed by atoms with E-state index < -0.39 is 0 Å². The summed E-state index contributed by atoms with van der Waals surface area (Å²) < 4.78 is 0. The van der Waals surface area contributed by atoms with E-state index in [1.165, 1.54) is 6.08 Å². The summed E-state index contributed by atoms with van der Waals surface area (Å²) in [7, 11) is 0. The Bertz CT molecular complexity index is 98.1. The molecule has 0 aromatic heterocycles. The first-order valence-corrected chi connectivity index (χ1v) is 1.62. The highest BCUT2D eigenvalue weighted by Crippen LogP contribution is 1.62. The smallest absolute Gasteiger partial charge is 0.288 e. The SMILES string of the molecule is C=CC(C)=[N+]=[N-]. The Morgan fingerprint density at radius 3 is 2.50 bits per heavy atom. The van der Waals surface area contributed by atoms with Gasteiger partial charge in [-0.3, -0.25) is 0 Å². The monoisotopic (exact) mass is 82.1 g/mol. The van der Waals surface area contributed by atoms with Gasteiger partial charge in [0.25, 0.3) is 5.71 Å². The van der Waals surface area contributed by atoms with Crippen LogP contribution in [0.15, 0.2) is 12.7 Å². The fraction of sp³-hybridized carbons (Fsp3) is 0.250. The minimum absolute atomic E-state index is 0.537. The quantitative estimate of drug-likeness (QED) is 0.255. The van der Waals surface area contributed by atoms with Crippen LogP contribution in [-0.4, -0.2) is 10.5 Å². The number of hydrogen-bond donors (Lipinski definition) is 0. The van der Waals surface area contributed by atoms with Crippen LogP contribution < -0.4 is 0 Å². The second-order valence-electron chi connectivity index (χ2n) is 0.946. The first-order chi connectivity index (χ1) is 2.81. The van der Waals surface area contributed by atoms with Crippen molar-refractivity contribution in [3.8, 4) is 0 Å². The summed E-state index contributed by atoms with van der Waals surface area (Å²) in [4.78, 5) is 2.81. The predicted octanol–water partition coefficient (Wildman–Crippen LogP) is 0.863. The molecule has 0 atom stereocenters. The second-order valence-corrected chi connectivity index (χ2v) is 0.946. The maximum atomic E-state index is 7.85. The largest absolute Gasteiger partial charge is 0.361 e. The van der Waals surface area contributed by atoms with Gasteiger partial charge in [0.05, 0.1) is 0 Å². The van der Waals surface area contributed by atoms with E-state index in [1.54, 1.807) is 6.92 Å². The van der Waals surface area contributed by atoms with Gasteiger partial charge in [-0.2, -0.15) is 4.79 Å². The van der Waals surface area contributed by atoms with Gasteiger partial charge in [0, 0.05) is 13.0 Å². The Hall–Kier alpha value is -0.880. The standard InChI is InChI=1S/C4H6N2/c1-3-4(2)6-5/h3H,1H2,2H3. The van der Waals surface area contributed by atoms with Gasteiger partial charge in [0.15, 0.2) is 0 Å². The molecule has 0 unspecified atom stereocenters. The molecule has 0 aromatic rings. The van der Waals surface area contributed by atoms with Gasteiger partial charge in [0.1, 0.15) is 0 Å². The van der Waals surface area contributed by atoms with Crippen LogP contribution >= 0.6 is 0 Å². The first-order valence-electron chi connectivity index (χ1n) is 1.62. The fourth-order valence-electron chi connectivity index (χ4n) is 0.0408. The Morgan fingerprint density at radius 2 is 2.50 bits per heavy atom. The van der Waals surface area contributed by atoms with E-state index in [9.17, 15) is 0 Å². The Balaban J connectivity index is 3.86. The zero-order valence-electron chi connectivity index (χ0n) is 3.68. The average Bonchev–Trinajstić information content (AvgIpc) is 1.65. The van der Waals surface area contributed by atoms with Crippen LogP contribution in [0.2, 0.25) is 0 Å². The van der Waals surface area contributed by atoms with E-state index in [-0.39, 0.29) is 0 Å². The van der Waals surface area contributed by atoms with Crippen LogP contribution in [0.25, 0.3) is 5.53 Å². The van der Waals surface area contributed by atoms with Gasteiger partial charge in [-0.05, 0) is 0 Å². The molecule has 2 heteroatoms. The maximum Gasteiger partial charge on any atom is 0.288 e. The summed E-state index contributed by atoms with van der Waals surface area (Å²) in [6.45, 7) is 5.00. The van der Waals surface area contributed by atoms with Crippen molar-refractivity contribution in [2.24, 2.45) is 0 Å². The Kier molecular flexibility index (Phi) is 2.02. The molecule has 6 heavy (non-hydrogen) atoms. The van der Waals surface area contributed by atoms with Crippen molar-refractivity contribution < 1.29 is 4.79 Å². The number of hydrogen-bond acceptors (Lipinski definition) is 0. The zero-order chi connectivity index (χ0) is 4.99. The molecule has 0 saturated heterocycles. The fourth-order valence-corrected chi connectivity index (χ4v) is 0.0408. The third-order valence-electron chi connectivity index (χ3n) is 0.453. The molecule has 0 fully saturated rings. The summed E-state index contributed by atoms with van der Waals surface area (Å²) in [6.07, 6.45) is 1.47. The molecular formula is C4H6N2. The van der Waals surface area contributed by atoms with Crippen molar-refractivity contribution in [2.45, 2.75) is 6.92 Å². The summed E-state index contributed by atoms with van der Waals surface area (Å²) in [5.41, 5.74) is 8.39. The van der Waals surface area contributed by atoms with Crippen molar-refractivity contribution in [3.63, 3.8) is 0 Å². The van der Waals surface area contributed by atoms with Crippen LogP contribution in [0.4, 0.5) is 0 Å². The van der Waals surface area contributed by atoms with Crippen LogP contribution in [0.1, 0.15) is 6.92 Å². The van der Waals surface area contributed by atoms with Gasteiger partial charge >= 0.3 is 0 Å². The lowest BCUT2D eigenvalue weighted by Gasteiger charge is -1.60. The van der Waals surface area contributed by atoms with Gasteiger partial charge < -0.3 is 5.53 Å². The van der Waals surface area contributed by atoms with Gasteiger partial charge in [0.2, 0.25) is 0 Å². The van der Waals surface area contributed by atoms with Crippen molar-refractivity contribution in [1.82, 2.24) is 0 Å². The molecule has 0 amide bonds. The summed E-state index contributed by atoms with van der Waals surface area (Å²) in [5.74, 6) is 0. The molecule has 0 N–H and O–H groups in total. The van der Waals surface area contributed by atoms with Gasteiger partial charge in [-0.25, -0.2) is 0 Å². The summed E-state index contributed by atoms with van der Waals surface area (Å²) in [6, 6.07) is 0. The van der Waals surface area contributed by atoms with E-state index in [0.717, 1.165) is 0 Å². The van der Waals surface area contributed by atoms with E-state index in [2.05, 4.69) is 11.4 Å². The molecule has 0 heterocycles. The lowest BCUT2D eigenvalue weighted by molar-refractivity contribution is -0.00390. The normalized spacial score (nSPS) is 6.17. The molecule has 0 aliphatic carbocycles. The van der Waals surface area contributed by atoms with Crippen molar-refractivity contribution >= 4 is 5.71 Å². The van der Waals surface area contributed by atoms with Gasteiger partial charge in [-0.15, -0.1) is 0 Å². The second kappa shape index (κ2) is 2.36. The topological polar surface area (TPSA) is 36.4 Å². The lowest BCUT2D eigenvalue weighted by atomic mass is 10.4. The predicted molar refractivity (Wildman–Crippen MR) is 24.5 cm³/mol. The van der Waals surface area contributed by atoms with Crippen LogP contribution in [-0.2, 0) is 0 Å². The molecule has 0 spiro atoms. The Labute approximate surface area is 36.7 Å². The number of rotatable bonds is 1. The molecule has 2 nitrogen and oxygen atoms in total. The van der Waals surface area contributed by atoms with Crippen LogP contribution in [0.3, 0.4) is 0 Å². The van der Waals surface area contributed by atoms with E-state index in [1.807, 2.05) is 0 Å². The lowest BCUT2D eigenvalue weighted by Crippen LogP contribution is -1.79. The van der Waals surface area contributed by atoms with E-state index in [0.29, 0.717) is 5.71 Å². The minimum Gasteiger partial charge on any atom is -0.361 e. The van der Waals surface area contributed by atoms with Crippen molar-refractivity contribution in [2.75, 3.05) is 0 Å². The molecule has 32 valence electrons. The highest BCUT2D eigenvalue weighted by molar-refractivity contribution is 5.87. The van der Waals surface area contributed by atoms with E-state index >= 15 is 0 Å². The molecule has 0 bridgehead atoms. The molecule has 0 radical (unpaired) electrons. The third-order valence-corrected chi connectivity index (χ3v) is 0.453. The first kappa shape index (κ1) is 5.12. The van der Waals surface area contributed by atoms with Crippen LogP contribution in [0.5, 0.6) is 0 Å². The summed E-state index contributed by atoms with van der Waals surface area (Å²) >= 11 is 0. The van der Waals surface area contributed by atoms with Crippen molar-refractivity contribution in [3.05, 3.63) is 18.2 Å². The van der Waals surface area contributed by atoms with Gasteiger partial charge in [-0.1, -0.05) is 6.58 Å². The van der Waals surface area contributed by atoms with Crippen LogP contribution in [0, 0.1) is 0 Å². The maximum absolute atomic E-state index is 7.85. The summed E-state index contributed by atoms with van der Waals surface area (Å²) in [5, 5.41) is 0. The minimum atomic E-state index is 0.537. The highest BCUT2D eigenvalue weighted by atomic mass is 14.8. The Morgan fingerprint density at radius 1 is 2.00 bits per heavy atom.